The molecule has 1 saturated heterocycles. The van der Waals surface area contributed by atoms with Crippen molar-refractivity contribution in [3.8, 4) is 11.3 Å². The topological polar surface area (TPSA) is 126 Å². The third-order valence-corrected chi connectivity index (χ3v) is 9.10. The molecule has 1 aliphatic heterocycles. The fourth-order valence-corrected chi connectivity index (χ4v) is 7.49. The molecule has 5 rings (SSSR count). The average Bonchev–Trinajstić information content (AvgIpc) is 3.31. The van der Waals surface area contributed by atoms with Gasteiger partial charge >= 0.3 is 5.97 Å². The highest BCUT2D eigenvalue weighted by Gasteiger charge is 2.37. The molecule has 1 amide bonds. The number of sulfone groups is 1. The second kappa shape index (κ2) is 9.71. The summed E-state index contributed by atoms with van der Waals surface area (Å²) in [6.07, 6.45) is 4.33. The van der Waals surface area contributed by atoms with E-state index in [2.05, 4.69) is 5.32 Å². The van der Waals surface area contributed by atoms with Crippen molar-refractivity contribution in [2.75, 3.05) is 11.5 Å². The summed E-state index contributed by atoms with van der Waals surface area (Å²) in [5.74, 6) is -1.85. The van der Waals surface area contributed by atoms with Crippen molar-refractivity contribution < 1.29 is 28.2 Å². The summed E-state index contributed by atoms with van der Waals surface area (Å²) in [5, 5.41) is 23.4. The lowest BCUT2D eigenvalue weighted by Crippen LogP contribution is -2.44. The highest BCUT2D eigenvalue weighted by molar-refractivity contribution is 7.91. The van der Waals surface area contributed by atoms with Crippen LogP contribution in [0.5, 0.6) is 0 Å². The van der Waals surface area contributed by atoms with Gasteiger partial charge in [0.15, 0.2) is 9.84 Å². The minimum absolute atomic E-state index is 0.125. The summed E-state index contributed by atoms with van der Waals surface area (Å²) in [5.41, 5.74) is 3.74. The Bertz CT molecular complexity index is 1410. The van der Waals surface area contributed by atoms with Gasteiger partial charge in [-0.15, -0.1) is 0 Å². The van der Waals surface area contributed by atoms with Crippen LogP contribution in [-0.4, -0.2) is 58.7 Å². The van der Waals surface area contributed by atoms with Gasteiger partial charge in [0.05, 0.1) is 40.4 Å². The quantitative estimate of drug-likeness (QED) is 0.467. The Kier molecular flexibility index (Phi) is 6.61. The van der Waals surface area contributed by atoms with Crippen molar-refractivity contribution in [2.45, 2.75) is 56.7 Å². The molecule has 9 heteroatoms. The van der Waals surface area contributed by atoms with Crippen molar-refractivity contribution in [2.24, 2.45) is 0 Å². The molecule has 0 bridgehead atoms. The summed E-state index contributed by atoms with van der Waals surface area (Å²) in [6.45, 7) is -0.125. The largest absolute Gasteiger partial charge is 0.478 e. The Balaban J connectivity index is 1.64. The molecule has 36 heavy (non-hydrogen) atoms. The van der Waals surface area contributed by atoms with Crippen LogP contribution >= 0.6 is 0 Å². The normalized spacial score (nSPS) is 22.0. The first kappa shape index (κ1) is 24.5. The lowest BCUT2D eigenvalue weighted by Gasteiger charge is -2.24. The predicted molar refractivity (Wildman–Crippen MR) is 137 cm³/mol. The molecule has 1 aromatic heterocycles. The number of carboxylic acid groups (broad SMARTS) is 1. The number of nitrogens with zero attached hydrogens (tertiary/aromatic N) is 1. The van der Waals surface area contributed by atoms with Gasteiger partial charge in [-0.2, -0.15) is 0 Å². The number of hydrogen-bond donors (Lipinski definition) is 3. The number of benzene rings is 2. The Labute approximate surface area is 209 Å². The number of aromatic nitrogens is 1. The average molecular weight is 511 g/mol. The zero-order valence-corrected chi connectivity index (χ0v) is 20.7. The fourth-order valence-electron chi connectivity index (χ4n) is 5.75. The van der Waals surface area contributed by atoms with Gasteiger partial charge in [0.2, 0.25) is 5.91 Å². The third-order valence-electron chi connectivity index (χ3n) is 7.38. The predicted octanol–water partition coefficient (Wildman–Crippen LogP) is 3.33. The smallest absolute Gasteiger partial charge is 0.335 e. The molecule has 2 aliphatic rings. The number of carbonyl (C=O) groups excluding carboxylic acids is 1. The Morgan fingerprint density at radius 3 is 2.36 bits per heavy atom. The molecule has 1 aliphatic carbocycles. The van der Waals surface area contributed by atoms with E-state index in [9.17, 15) is 28.2 Å². The number of aromatic carboxylic acids is 1. The maximum atomic E-state index is 13.2. The van der Waals surface area contributed by atoms with E-state index in [-0.39, 0.29) is 23.6 Å². The standard InChI is InChI=1S/C27H30N2O6S/c30-23-16-36(34,35)15-21(23)28-24(31)14-29-22-13-19(27(32)33)11-12-20(22)25(17-7-3-1-4-8-17)26(29)18-9-5-2-6-10-18/h2,5-6,9-13,17,21,23,30H,1,3-4,7-8,14-16H2,(H,28,31)(H,32,33)/t21-,23-/m0/s1. The zero-order chi connectivity index (χ0) is 25.4. The minimum atomic E-state index is -3.41. The Morgan fingerprint density at radius 1 is 1.00 bits per heavy atom. The maximum absolute atomic E-state index is 13.2. The highest BCUT2D eigenvalue weighted by atomic mass is 32.2. The van der Waals surface area contributed by atoms with Gasteiger partial charge in [0.25, 0.3) is 0 Å². The van der Waals surface area contributed by atoms with E-state index in [0.717, 1.165) is 47.9 Å². The van der Waals surface area contributed by atoms with Gasteiger partial charge in [0.1, 0.15) is 6.54 Å². The van der Waals surface area contributed by atoms with E-state index < -0.39 is 33.9 Å². The van der Waals surface area contributed by atoms with Gasteiger partial charge in [0, 0.05) is 5.39 Å². The van der Waals surface area contributed by atoms with E-state index in [1.807, 2.05) is 41.0 Å². The van der Waals surface area contributed by atoms with Gasteiger partial charge in [-0.25, -0.2) is 13.2 Å². The maximum Gasteiger partial charge on any atom is 0.335 e. The molecule has 0 spiro atoms. The molecular weight excluding hydrogens is 480 g/mol. The second-order valence-corrected chi connectivity index (χ2v) is 12.1. The van der Waals surface area contributed by atoms with Crippen LogP contribution in [0, 0.1) is 0 Å². The number of carboxylic acids is 1. The zero-order valence-electron chi connectivity index (χ0n) is 19.9. The van der Waals surface area contributed by atoms with Crippen LogP contribution in [0.15, 0.2) is 48.5 Å². The molecule has 3 N–H and O–H groups in total. The van der Waals surface area contributed by atoms with Gasteiger partial charge in [-0.3, -0.25) is 4.79 Å². The first-order valence-corrected chi connectivity index (χ1v) is 14.2. The van der Waals surface area contributed by atoms with E-state index in [4.69, 9.17) is 0 Å². The lowest BCUT2D eigenvalue weighted by molar-refractivity contribution is -0.122. The number of hydrogen-bond acceptors (Lipinski definition) is 5. The van der Waals surface area contributed by atoms with Crippen molar-refractivity contribution in [1.82, 2.24) is 9.88 Å². The molecule has 2 atom stereocenters. The Morgan fingerprint density at radius 2 is 1.72 bits per heavy atom. The van der Waals surface area contributed by atoms with Crippen molar-refractivity contribution in [3.05, 3.63) is 59.7 Å². The van der Waals surface area contributed by atoms with Gasteiger partial charge < -0.3 is 20.1 Å². The van der Waals surface area contributed by atoms with Crippen LogP contribution in [0.3, 0.4) is 0 Å². The molecule has 2 aromatic carbocycles. The monoisotopic (exact) mass is 510 g/mol. The molecular formula is C27H30N2O6S. The first-order valence-electron chi connectivity index (χ1n) is 12.4. The van der Waals surface area contributed by atoms with Crippen molar-refractivity contribution in [1.29, 1.82) is 0 Å². The van der Waals surface area contributed by atoms with Crippen LogP contribution in [-0.2, 0) is 21.2 Å². The molecule has 2 heterocycles. The summed E-state index contributed by atoms with van der Waals surface area (Å²) < 4.78 is 25.7. The van der Waals surface area contributed by atoms with Crippen LogP contribution < -0.4 is 5.32 Å². The van der Waals surface area contributed by atoms with E-state index >= 15 is 0 Å². The molecule has 3 aromatic rings. The highest BCUT2D eigenvalue weighted by Crippen LogP contribution is 2.44. The van der Waals surface area contributed by atoms with E-state index in [1.165, 1.54) is 6.42 Å². The molecule has 0 radical (unpaired) electrons. The van der Waals surface area contributed by atoms with Gasteiger partial charge in [-0.1, -0.05) is 55.7 Å². The molecule has 190 valence electrons. The Hall–Kier alpha value is -3.17. The summed E-state index contributed by atoms with van der Waals surface area (Å²) in [7, 11) is -3.41. The fraction of sp³-hybridized carbons (Fsp3) is 0.407. The first-order chi connectivity index (χ1) is 17.2. The van der Waals surface area contributed by atoms with E-state index in [0.29, 0.717) is 11.4 Å². The summed E-state index contributed by atoms with van der Waals surface area (Å²) >= 11 is 0. The number of amides is 1. The number of aliphatic hydroxyl groups is 1. The van der Waals surface area contributed by atoms with Gasteiger partial charge in [-0.05, 0) is 42.0 Å². The SMILES string of the molecule is O=C(Cn1c(-c2ccccc2)c(C2CCCCC2)c2ccc(C(=O)O)cc21)N[C@H]1CS(=O)(=O)C[C@@H]1O. The van der Waals surface area contributed by atoms with Crippen LogP contribution in [0.4, 0.5) is 0 Å². The minimum Gasteiger partial charge on any atom is -0.478 e. The lowest BCUT2D eigenvalue weighted by atomic mass is 9.82. The molecule has 1 saturated carbocycles. The second-order valence-electron chi connectivity index (χ2n) is 9.90. The number of rotatable bonds is 6. The third kappa shape index (κ3) is 4.77. The van der Waals surface area contributed by atoms with Crippen LogP contribution in [0.2, 0.25) is 0 Å². The summed E-state index contributed by atoms with van der Waals surface area (Å²) in [4.78, 5) is 25.0. The number of carbonyl (C=O) groups is 2. The molecule has 2 fully saturated rings. The number of nitrogens with one attached hydrogen (secondary N) is 1. The van der Waals surface area contributed by atoms with E-state index in [1.54, 1.807) is 12.1 Å². The molecule has 0 unspecified atom stereocenters. The van der Waals surface area contributed by atoms with Crippen molar-refractivity contribution >= 4 is 32.6 Å². The van der Waals surface area contributed by atoms with Crippen LogP contribution in [0.1, 0.15) is 53.9 Å². The number of aliphatic hydroxyl groups excluding tert-OH is 1. The number of fused-ring (bicyclic) bond motifs is 1. The summed E-state index contributed by atoms with van der Waals surface area (Å²) in [6, 6.07) is 14.0. The van der Waals surface area contributed by atoms with Crippen LogP contribution in [0.25, 0.3) is 22.2 Å². The van der Waals surface area contributed by atoms with Crippen molar-refractivity contribution in [3.63, 3.8) is 0 Å². The molecule has 8 nitrogen and oxygen atoms in total.